The minimum atomic E-state index is -4.73. The van der Waals surface area contributed by atoms with E-state index in [0.29, 0.717) is 17.4 Å². The van der Waals surface area contributed by atoms with Crippen LogP contribution in [-0.4, -0.2) is 71.6 Å². The zero-order chi connectivity index (χ0) is 31.5. The molecule has 1 aliphatic heterocycles. The molecule has 0 radical (unpaired) electrons. The fourth-order valence-corrected chi connectivity index (χ4v) is 5.35. The van der Waals surface area contributed by atoms with E-state index >= 15 is 0 Å². The zero-order valence-corrected chi connectivity index (χ0v) is 25.9. The third-order valence-corrected chi connectivity index (χ3v) is 8.29. The molecule has 10 nitrogen and oxygen atoms in total. The van der Waals surface area contributed by atoms with Gasteiger partial charge in [-0.1, -0.05) is 23.7 Å². The van der Waals surface area contributed by atoms with Crippen molar-refractivity contribution in [3.05, 3.63) is 63.8 Å². The molecule has 0 bridgehead atoms. The second kappa shape index (κ2) is 13.3. The van der Waals surface area contributed by atoms with Crippen molar-refractivity contribution in [2.75, 3.05) is 55.5 Å². The van der Waals surface area contributed by atoms with Crippen LogP contribution < -0.4 is 25.0 Å². The highest BCUT2D eigenvalue weighted by Crippen LogP contribution is 2.37. The van der Waals surface area contributed by atoms with Gasteiger partial charge >= 0.3 is 6.18 Å². The Labute approximate surface area is 255 Å². The van der Waals surface area contributed by atoms with Gasteiger partial charge in [-0.25, -0.2) is 9.19 Å². The smallest absolute Gasteiger partial charge is 0.421 e. The number of rotatable bonds is 10. The van der Waals surface area contributed by atoms with E-state index in [1.165, 1.54) is 29.8 Å². The maximum atomic E-state index is 13.9. The Hall–Kier alpha value is -3.62. The molecule has 3 aromatic rings. The molecule has 1 amide bonds. The molecule has 1 saturated heterocycles. The first-order valence-electron chi connectivity index (χ1n) is 13.3. The van der Waals surface area contributed by atoms with Crippen molar-refractivity contribution in [2.45, 2.75) is 32.1 Å². The van der Waals surface area contributed by atoms with Crippen LogP contribution in [0.2, 0.25) is 5.02 Å². The summed E-state index contributed by atoms with van der Waals surface area (Å²) in [5.74, 6) is -0.761. The van der Waals surface area contributed by atoms with E-state index in [2.05, 4.69) is 30.8 Å². The maximum Gasteiger partial charge on any atom is 0.421 e. The highest BCUT2D eigenvalue weighted by Gasteiger charge is 2.35. The van der Waals surface area contributed by atoms with E-state index in [9.17, 15) is 22.2 Å². The first-order chi connectivity index (χ1) is 20.3. The number of hydrogen-bond acceptors (Lipinski definition) is 8. The number of likely N-dealkylation sites (N-methyl/N-ethyl adjacent to an activating group) is 1. The Bertz CT molecular complexity index is 1530. The van der Waals surface area contributed by atoms with Crippen LogP contribution in [0.25, 0.3) is 0 Å². The number of halogens is 4. The SMILES string of the molecule is COc1cc(C(=O)N[C@H]2CCN(C)C2)c(Cl)cc1Nc1ncc(C(F)(F)F)c(NCc2ccc(C)cc2N(C)S(C)=O)n1. The number of carbonyl (C=O) groups is 1. The van der Waals surface area contributed by atoms with E-state index in [-0.39, 0.29) is 46.5 Å². The number of alkyl halides is 3. The number of carbonyl (C=O) groups excluding carboxylic acids is 1. The lowest BCUT2D eigenvalue weighted by molar-refractivity contribution is -0.137. The first-order valence-corrected chi connectivity index (χ1v) is 15.1. The molecule has 3 N–H and O–H groups in total. The van der Waals surface area contributed by atoms with Crippen LogP contribution in [0, 0.1) is 6.92 Å². The third kappa shape index (κ3) is 7.86. The predicted octanol–water partition coefficient (Wildman–Crippen LogP) is 4.99. The van der Waals surface area contributed by atoms with Gasteiger partial charge in [-0.3, -0.25) is 9.10 Å². The second-order valence-corrected chi connectivity index (χ2v) is 12.0. The van der Waals surface area contributed by atoms with E-state index in [1.807, 2.05) is 26.1 Å². The van der Waals surface area contributed by atoms with Crippen LogP contribution in [0.3, 0.4) is 0 Å². The van der Waals surface area contributed by atoms with E-state index in [1.54, 1.807) is 13.1 Å². The number of aromatic nitrogens is 2. The lowest BCUT2D eigenvalue weighted by Crippen LogP contribution is -2.36. The summed E-state index contributed by atoms with van der Waals surface area (Å²) in [4.78, 5) is 23.0. The van der Waals surface area contributed by atoms with Crippen molar-refractivity contribution in [2.24, 2.45) is 0 Å². The molecule has 4 rings (SSSR count). The number of hydrogen-bond donors (Lipinski definition) is 3. The number of nitrogens with zero attached hydrogens (tertiary/aromatic N) is 4. The van der Waals surface area contributed by atoms with E-state index in [4.69, 9.17) is 16.3 Å². The number of benzene rings is 2. The Morgan fingerprint density at radius 2 is 2.02 bits per heavy atom. The minimum absolute atomic E-state index is 0.00987. The molecule has 2 heterocycles. The van der Waals surface area contributed by atoms with Gasteiger partial charge in [0.05, 0.1) is 29.1 Å². The normalized spacial score (nSPS) is 16.1. The zero-order valence-electron chi connectivity index (χ0n) is 24.3. The van der Waals surface area contributed by atoms with Crippen molar-refractivity contribution >= 4 is 51.6 Å². The molecule has 43 heavy (non-hydrogen) atoms. The van der Waals surface area contributed by atoms with Crippen LogP contribution >= 0.6 is 11.6 Å². The number of nitrogens with one attached hydrogen (secondary N) is 3. The summed E-state index contributed by atoms with van der Waals surface area (Å²) in [7, 11) is 3.66. The lowest BCUT2D eigenvalue weighted by Gasteiger charge is -2.21. The highest BCUT2D eigenvalue weighted by atomic mass is 35.5. The molecule has 0 spiro atoms. The number of ether oxygens (including phenoxy) is 1. The standard InChI is InChI=1S/C28H33ClF3N7O3S/c1-16-6-7-17(23(10-16)39(3)43(5)41)13-33-25-20(28(30,31)32)14-34-27(37-25)36-22-12-21(29)19(11-24(22)42-4)26(40)35-18-8-9-38(2)15-18/h6-7,10-12,14,18H,8-9,13,15H2,1-5H3,(H,35,40)(H2,33,34,36,37)/t18-,43?/m0/s1. The lowest BCUT2D eigenvalue weighted by atomic mass is 10.1. The highest BCUT2D eigenvalue weighted by molar-refractivity contribution is 7.85. The monoisotopic (exact) mass is 639 g/mol. The quantitative estimate of drug-likeness (QED) is 0.285. The molecule has 2 atom stereocenters. The molecular formula is C28H33ClF3N7O3S. The van der Waals surface area contributed by atoms with E-state index in [0.717, 1.165) is 25.1 Å². The van der Waals surface area contributed by atoms with Gasteiger partial charge in [0.1, 0.15) is 28.1 Å². The summed E-state index contributed by atoms with van der Waals surface area (Å²) in [6.07, 6.45) is -1.73. The van der Waals surface area contributed by atoms with Crippen molar-refractivity contribution in [1.29, 1.82) is 0 Å². The van der Waals surface area contributed by atoms with Gasteiger partial charge < -0.3 is 25.6 Å². The van der Waals surface area contributed by atoms with Crippen LogP contribution in [0.1, 0.15) is 33.5 Å². The molecule has 1 unspecified atom stereocenters. The average molecular weight is 640 g/mol. The topological polar surface area (TPSA) is 112 Å². The van der Waals surface area contributed by atoms with Gasteiger partial charge in [0, 0.05) is 38.6 Å². The summed E-state index contributed by atoms with van der Waals surface area (Å²) in [5.41, 5.74) is 1.52. The molecule has 0 saturated carbocycles. The summed E-state index contributed by atoms with van der Waals surface area (Å²) in [6.45, 7) is 3.43. The fraction of sp³-hybridized carbons (Fsp3) is 0.393. The van der Waals surface area contributed by atoms with Crippen LogP contribution in [0.5, 0.6) is 5.75 Å². The molecular weight excluding hydrogens is 607 g/mol. The average Bonchev–Trinajstić information content (AvgIpc) is 3.35. The molecule has 1 fully saturated rings. The molecule has 1 aromatic heterocycles. The molecule has 15 heteroatoms. The van der Waals surface area contributed by atoms with Gasteiger partial charge in [-0.2, -0.15) is 18.2 Å². The molecule has 2 aromatic carbocycles. The van der Waals surface area contributed by atoms with Crippen LogP contribution in [0.4, 0.5) is 36.3 Å². The Kier molecular flexibility index (Phi) is 10.0. The second-order valence-electron chi connectivity index (χ2n) is 10.2. The minimum Gasteiger partial charge on any atom is -0.495 e. The molecule has 0 aliphatic carbocycles. The summed E-state index contributed by atoms with van der Waals surface area (Å²) >= 11 is 6.45. The largest absolute Gasteiger partial charge is 0.495 e. The first kappa shape index (κ1) is 32.3. The maximum absolute atomic E-state index is 13.9. The van der Waals surface area contributed by atoms with Gasteiger partial charge in [0.15, 0.2) is 0 Å². The fourth-order valence-electron chi connectivity index (χ4n) is 4.65. The van der Waals surface area contributed by atoms with Gasteiger partial charge in [0.2, 0.25) is 5.95 Å². The molecule has 232 valence electrons. The number of aryl methyl sites for hydroxylation is 1. The van der Waals surface area contributed by atoms with Gasteiger partial charge in [-0.15, -0.1) is 0 Å². The van der Waals surface area contributed by atoms with Crippen molar-refractivity contribution < 1.29 is 26.9 Å². The Balaban J connectivity index is 1.60. The number of amides is 1. The van der Waals surface area contributed by atoms with E-state index < -0.39 is 28.5 Å². The number of anilines is 4. The van der Waals surface area contributed by atoms with Crippen molar-refractivity contribution in [1.82, 2.24) is 20.2 Å². The van der Waals surface area contributed by atoms with Crippen LogP contribution in [-0.2, 0) is 23.7 Å². The number of likely N-dealkylation sites (tertiary alicyclic amines) is 1. The van der Waals surface area contributed by atoms with Crippen molar-refractivity contribution in [3.63, 3.8) is 0 Å². The van der Waals surface area contributed by atoms with Gasteiger partial charge in [-0.05, 0) is 56.3 Å². The summed E-state index contributed by atoms with van der Waals surface area (Å²) in [5, 5.41) is 8.69. The Morgan fingerprint density at radius 1 is 1.28 bits per heavy atom. The summed E-state index contributed by atoms with van der Waals surface area (Å²) < 4.78 is 60.8. The van der Waals surface area contributed by atoms with Crippen LogP contribution in [0.15, 0.2) is 36.5 Å². The third-order valence-electron chi connectivity index (χ3n) is 7.01. The van der Waals surface area contributed by atoms with Crippen molar-refractivity contribution in [3.8, 4) is 5.75 Å². The predicted molar refractivity (Wildman–Crippen MR) is 163 cm³/mol. The summed E-state index contributed by atoms with van der Waals surface area (Å²) in [6, 6.07) is 8.26. The number of methoxy groups -OCH3 is 1. The Morgan fingerprint density at radius 3 is 2.65 bits per heavy atom. The molecule has 1 aliphatic rings. The van der Waals surface area contributed by atoms with Gasteiger partial charge in [0.25, 0.3) is 5.91 Å².